The molecule has 0 unspecified atom stereocenters. The molecule has 2 aliphatic heterocycles. The summed E-state index contributed by atoms with van der Waals surface area (Å²) >= 11 is 0. The van der Waals surface area contributed by atoms with Crippen molar-refractivity contribution < 1.29 is 18.7 Å². The average Bonchev–Trinajstić information content (AvgIpc) is 3.10. The first-order chi connectivity index (χ1) is 11.7. The summed E-state index contributed by atoms with van der Waals surface area (Å²) in [6.45, 7) is 6.36. The van der Waals surface area contributed by atoms with Gasteiger partial charge in [0.25, 0.3) is 0 Å². The molecule has 1 aromatic carbocycles. The molecule has 0 saturated carbocycles. The molecule has 2 heterocycles. The number of carbonyl (C=O) groups excluding carboxylic acids is 1. The second kappa shape index (κ2) is 8.44. The van der Waals surface area contributed by atoms with Crippen molar-refractivity contribution in [2.45, 2.75) is 12.8 Å². The molecule has 132 valence electrons. The molecule has 2 aliphatic rings. The fourth-order valence-electron chi connectivity index (χ4n) is 3.24. The van der Waals surface area contributed by atoms with Crippen LogP contribution in [0, 0.1) is 11.7 Å². The maximum absolute atomic E-state index is 13.4. The lowest BCUT2D eigenvalue weighted by atomic mass is 10.1. The zero-order valence-electron chi connectivity index (χ0n) is 14.0. The molecule has 1 atom stereocenters. The van der Waals surface area contributed by atoms with E-state index < -0.39 is 5.82 Å². The maximum atomic E-state index is 13.4. The molecule has 0 aromatic heterocycles. The highest BCUT2D eigenvalue weighted by atomic mass is 19.1. The van der Waals surface area contributed by atoms with Crippen LogP contribution in [0.15, 0.2) is 24.3 Å². The van der Waals surface area contributed by atoms with Crippen molar-refractivity contribution >= 4 is 5.91 Å². The van der Waals surface area contributed by atoms with E-state index in [1.54, 1.807) is 18.2 Å². The largest absolute Gasteiger partial charge is 0.490 e. The van der Waals surface area contributed by atoms with E-state index in [9.17, 15) is 9.18 Å². The van der Waals surface area contributed by atoms with Crippen molar-refractivity contribution in [2.24, 2.45) is 5.92 Å². The van der Waals surface area contributed by atoms with Crippen LogP contribution in [-0.4, -0.2) is 68.3 Å². The topological polar surface area (TPSA) is 42.0 Å². The number of halogens is 1. The molecule has 3 rings (SSSR count). The Kier molecular flexibility index (Phi) is 6.04. The van der Waals surface area contributed by atoms with Gasteiger partial charge in [0.2, 0.25) is 5.91 Å². The molecule has 2 fully saturated rings. The molecule has 0 spiro atoms. The van der Waals surface area contributed by atoms with E-state index in [0.717, 1.165) is 52.4 Å². The summed E-state index contributed by atoms with van der Waals surface area (Å²) in [6.07, 6.45) is 1.43. The average molecular weight is 336 g/mol. The van der Waals surface area contributed by atoms with E-state index in [1.165, 1.54) is 6.07 Å². The lowest BCUT2D eigenvalue weighted by Crippen LogP contribution is -2.50. The van der Waals surface area contributed by atoms with Gasteiger partial charge in [0.05, 0.1) is 19.6 Å². The number of nitrogens with zero attached hydrogens (tertiary/aromatic N) is 2. The van der Waals surface area contributed by atoms with Gasteiger partial charge in [-0.1, -0.05) is 12.1 Å². The van der Waals surface area contributed by atoms with Crippen LogP contribution in [0.25, 0.3) is 0 Å². The number of benzene rings is 1. The maximum Gasteiger partial charge on any atom is 0.226 e. The third kappa shape index (κ3) is 4.68. The molecular formula is C18H25FN2O3. The van der Waals surface area contributed by atoms with Gasteiger partial charge in [-0.3, -0.25) is 9.69 Å². The van der Waals surface area contributed by atoms with E-state index >= 15 is 0 Å². The summed E-state index contributed by atoms with van der Waals surface area (Å²) in [7, 11) is 0. The second-order valence-electron chi connectivity index (χ2n) is 6.44. The van der Waals surface area contributed by atoms with Crippen molar-refractivity contribution in [1.29, 1.82) is 0 Å². The Morgan fingerprint density at radius 2 is 2.04 bits per heavy atom. The first kappa shape index (κ1) is 17.2. The van der Waals surface area contributed by atoms with E-state index in [0.29, 0.717) is 5.92 Å². The van der Waals surface area contributed by atoms with Gasteiger partial charge in [-0.2, -0.15) is 0 Å². The quantitative estimate of drug-likeness (QED) is 0.794. The minimum absolute atomic E-state index is 0.0789. The fraction of sp³-hybridized carbons (Fsp3) is 0.611. The number of para-hydroxylation sites is 1. The molecular weight excluding hydrogens is 311 g/mol. The second-order valence-corrected chi connectivity index (χ2v) is 6.44. The molecule has 2 saturated heterocycles. The Balaban J connectivity index is 1.35. The van der Waals surface area contributed by atoms with Gasteiger partial charge < -0.3 is 14.4 Å². The highest BCUT2D eigenvalue weighted by Gasteiger charge is 2.24. The highest BCUT2D eigenvalue weighted by molar-refractivity contribution is 5.76. The van der Waals surface area contributed by atoms with Crippen LogP contribution in [0.3, 0.4) is 0 Å². The summed E-state index contributed by atoms with van der Waals surface area (Å²) in [5.74, 6) is 0.528. The Morgan fingerprint density at radius 3 is 2.75 bits per heavy atom. The van der Waals surface area contributed by atoms with Gasteiger partial charge >= 0.3 is 0 Å². The van der Waals surface area contributed by atoms with Crippen LogP contribution in [0.4, 0.5) is 4.39 Å². The number of carbonyl (C=O) groups is 1. The summed E-state index contributed by atoms with van der Waals surface area (Å²) in [5.41, 5.74) is 0. The van der Waals surface area contributed by atoms with Crippen molar-refractivity contribution in [3.05, 3.63) is 30.1 Å². The molecule has 5 nitrogen and oxygen atoms in total. The van der Waals surface area contributed by atoms with E-state index in [2.05, 4.69) is 4.90 Å². The predicted octanol–water partition coefficient (Wildman–Crippen LogP) is 1.78. The van der Waals surface area contributed by atoms with Crippen LogP contribution >= 0.6 is 0 Å². The van der Waals surface area contributed by atoms with E-state index in [4.69, 9.17) is 9.47 Å². The minimum atomic E-state index is -0.394. The monoisotopic (exact) mass is 336 g/mol. The minimum Gasteiger partial charge on any atom is -0.490 e. The number of amides is 1. The normalized spacial score (nSPS) is 21.9. The summed E-state index contributed by atoms with van der Waals surface area (Å²) in [6, 6.07) is 6.26. The third-order valence-corrected chi connectivity index (χ3v) is 4.68. The number of hydrogen-bond acceptors (Lipinski definition) is 4. The standard InChI is InChI=1S/C18H25FN2O3/c19-16-3-1-2-4-17(16)24-12-6-18(22)21-9-7-20(8-10-21)13-15-5-11-23-14-15/h1-4,15H,5-14H2/t15-/m0/s1. The summed E-state index contributed by atoms with van der Waals surface area (Å²) in [5, 5.41) is 0. The molecule has 0 radical (unpaired) electrons. The Hall–Kier alpha value is -1.66. The Labute approximate surface area is 142 Å². The molecule has 0 bridgehead atoms. The molecule has 0 N–H and O–H groups in total. The van der Waals surface area contributed by atoms with Gasteiger partial charge in [-0.25, -0.2) is 4.39 Å². The Morgan fingerprint density at radius 1 is 1.25 bits per heavy atom. The van der Waals surface area contributed by atoms with Crippen LogP contribution in [-0.2, 0) is 9.53 Å². The van der Waals surface area contributed by atoms with Crippen LogP contribution in [0.2, 0.25) is 0 Å². The third-order valence-electron chi connectivity index (χ3n) is 4.68. The number of piperazine rings is 1. The highest BCUT2D eigenvalue weighted by Crippen LogP contribution is 2.17. The smallest absolute Gasteiger partial charge is 0.226 e. The van der Waals surface area contributed by atoms with E-state index in [-0.39, 0.29) is 24.7 Å². The predicted molar refractivity (Wildman–Crippen MR) is 88.5 cm³/mol. The number of rotatable bonds is 6. The van der Waals surface area contributed by atoms with E-state index in [1.807, 2.05) is 4.90 Å². The number of ether oxygens (including phenoxy) is 2. The first-order valence-corrected chi connectivity index (χ1v) is 8.67. The number of hydrogen-bond donors (Lipinski definition) is 0. The van der Waals surface area contributed by atoms with Gasteiger partial charge in [0.15, 0.2) is 11.6 Å². The van der Waals surface area contributed by atoms with Gasteiger partial charge in [0.1, 0.15) is 0 Å². The zero-order valence-corrected chi connectivity index (χ0v) is 14.0. The van der Waals surface area contributed by atoms with Gasteiger partial charge in [-0.15, -0.1) is 0 Å². The molecule has 24 heavy (non-hydrogen) atoms. The molecule has 1 amide bonds. The van der Waals surface area contributed by atoms with Crippen molar-refractivity contribution in [2.75, 3.05) is 52.5 Å². The van der Waals surface area contributed by atoms with Gasteiger partial charge in [-0.05, 0) is 24.5 Å². The lowest BCUT2D eigenvalue weighted by Gasteiger charge is -2.35. The zero-order chi connectivity index (χ0) is 16.8. The van der Waals surface area contributed by atoms with Crippen LogP contribution in [0.1, 0.15) is 12.8 Å². The summed E-state index contributed by atoms with van der Waals surface area (Å²) in [4.78, 5) is 16.5. The van der Waals surface area contributed by atoms with Gasteiger partial charge in [0, 0.05) is 39.3 Å². The molecule has 0 aliphatic carbocycles. The fourth-order valence-corrected chi connectivity index (χ4v) is 3.24. The Bertz CT molecular complexity index is 541. The first-order valence-electron chi connectivity index (χ1n) is 8.67. The lowest BCUT2D eigenvalue weighted by molar-refractivity contribution is -0.133. The van der Waals surface area contributed by atoms with Crippen molar-refractivity contribution in [1.82, 2.24) is 9.80 Å². The summed E-state index contributed by atoms with van der Waals surface area (Å²) < 4.78 is 24.2. The van der Waals surface area contributed by atoms with Crippen molar-refractivity contribution in [3.63, 3.8) is 0 Å². The SMILES string of the molecule is O=C(CCOc1ccccc1F)N1CCN(C[C@@H]2CCOC2)CC1. The van der Waals surface area contributed by atoms with Crippen LogP contribution < -0.4 is 4.74 Å². The molecule has 1 aromatic rings. The van der Waals surface area contributed by atoms with Crippen molar-refractivity contribution in [3.8, 4) is 5.75 Å². The molecule has 6 heteroatoms. The van der Waals surface area contributed by atoms with Crippen LogP contribution in [0.5, 0.6) is 5.75 Å².